The van der Waals surface area contributed by atoms with E-state index in [2.05, 4.69) is 10.3 Å². The Morgan fingerprint density at radius 1 is 1.39 bits per heavy atom. The lowest BCUT2D eigenvalue weighted by atomic mass is 9.95. The summed E-state index contributed by atoms with van der Waals surface area (Å²) >= 11 is 6.26. The Labute approximate surface area is 204 Å². The fraction of sp³-hybridized carbons (Fsp3) is 0.435. The van der Waals surface area contributed by atoms with E-state index in [4.69, 9.17) is 27.1 Å². The largest absolute Gasteiger partial charge is 0.490 e. The van der Waals surface area contributed by atoms with Gasteiger partial charge in [0.2, 0.25) is 0 Å². The summed E-state index contributed by atoms with van der Waals surface area (Å²) in [5.74, 6) is -0.0341. The molecule has 2 aromatic heterocycles. The molecule has 1 saturated carbocycles. The molecule has 1 amide bonds. The van der Waals surface area contributed by atoms with Gasteiger partial charge in [-0.25, -0.2) is 14.4 Å². The summed E-state index contributed by atoms with van der Waals surface area (Å²) < 4.78 is 23.0. The number of anilines is 1. The Balaban J connectivity index is 0.00000306. The van der Waals surface area contributed by atoms with Crippen LogP contribution in [0.2, 0.25) is 5.02 Å². The molecular weight excluding hydrogens is 465 g/mol. The number of imidazole rings is 1. The third kappa shape index (κ3) is 4.89. The molecule has 1 aromatic carbocycles. The number of nitrogens with two attached hydrogens (primary N) is 1. The maximum atomic E-state index is 15.1. The van der Waals surface area contributed by atoms with Crippen LogP contribution in [0, 0.1) is 18.7 Å². The summed E-state index contributed by atoms with van der Waals surface area (Å²) in [6.45, 7) is 7.92. The van der Waals surface area contributed by atoms with Gasteiger partial charge in [0.05, 0.1) is 16.8 Å². The minimum atomic E-state index is -0.788. The SMILES string of the molecule is Cc1nc([C@@H](C)c2cc(Cl)c(F)c(C(=O)NCC3CC3)c2OC(C)C)n2ccnc(N)c12.S. The van der Waals surface area contributed by atoms with Gasteiger partial charge in [-0.1, -0.05) is 18.5 Å². The molecule has 0 spiro atoms. The van der Waals surface area contributed by atoms with E-state index in [0.717, 1.165) is 18.5 Å². The van der Waals surface area contributed by atoms with Crippen molar-refractivity contribution < 1.29 is 13.9 Å². The van der Waals surface area contributed by atoms with Gasteiger partial charge in [0, 0.05) is 30.4 Å². The number of ether oxygens (including phenoxy) is 1. The van der Waals surface area contributed by atoms with Crippen LogP contribution in [0.4, 0.5) is 10.2 Å². The lowest BCUT2D eigenvalue weighted by Crippen LogP contribution is -2.28. The van der Waals surface area contributed by atoms with E-state index in [1.54, 1.807) is 12.4 Å². The van der Waals surface area contributed by atoms with E-state index in [9.17, 15) is 4.79 Å². The normalized spacial score (nSPS) is 14.3. The summed E-state index contributed by atoms with van der Waals surface area (Å²) in [7, 11) is 0. The molecule has 33 heavy (non-hydrogen) atoms. The van der Waals surface area contributed by atoms with Gasteiger partial charge in [-0.05, 0) is 45.6 Å². The average Bonchev–Trinajstić information content (AvgIpc) is 3.50. The molecule has 4 rings (SSSR count). The smallest absolute Gasteiger partial charge is 0.258 e. The highest BCUT2D eigenvalue weighted by Crippen LogP contribution is 2.40. The number of nitrogens with one attached hydrogen (secondary N) is 1. The summed E-state index contributed by atoms with van der Waals surface area (Å²) in [5.41, 5.74) is 7.88. The van der Waals surface area contributed by atoms with Gasteiger partial charge in [-0.3, -0.25) is 9.20 Å². The molecule has 1 aliphatic rings. The Bertz CT molecular complexity index is 1200. The molecule has 3 aromatic rings. The number of aryl methyl sites for hydroxylation is 1. The molecule has 0 aliphatic heterocycles. The zero-order valence-electron chi connectivity index (χ0n) is 19.1. The second-order valence-electron chi connectivity index (χ2n) is 8.59. The fourth-order valence-electron chi connectivity index (χ4n) is 3.88. The zero-order valence-corrected chi connectivity index (χ0v) is 20.8. The van der Waals surface area contributed by atoms with Crippen molar-refractivity contribution in [1.82, 2.24) is 19.7 Å². The van der Waals surface area contributed by atoms with Crippen molar-refractivity contribution in [2.45, 2.75) is 52.6 Å². The van der Waals surface area contributed by atoms with Gasteiger partial charge in [-0.2, -0.15) is 13.5 Å². The Hall–Kier alpha value is -2.52. The van der Waals surface area contributed by atoms with Crippen LogP contribution in [0.5, 0.6) is 5.75 Å². The molecule has 3 N–H and O–H groups in total. The van der Waals surface area contributed by atoms with Crippen molar-refractivity contribution in [2.24, 2.45) is 5.92 Å². The predicted octanol–water partition coefficient (Wildman–Crippen LogP) is 4.60. The molecule has 2 heterocycles. The second-order valence-corrected chi connectivity index (χ2v) is 9.00. The molecule has 1 aliphatic carbocycles. The van der Waals surface area contributed by atoms with Gasteiger partial charge in [0.25, 0.3) is 5.91 Å². The number of benzene rings is 1. The molecule has 10 heteroatoms. The van der Waals surface area contributed by atoms with E-state index in [-0.39, 0.29) is 41.9 Å². The lowest BCUT2D eigenvalue weighted by molar-refractivity contribution is 0.0941. The van der Waals surface area contributed by atoms with Crippen LogP contribution >= 0.6 is 25.1 Å². The predicted molar refractivity (Wildman–Crippen MR) is 132 cm³/mol. The van der Waals surface area contributed by atoms with Crippen LogP contribution in [-0.4, -0.2) is 32.9 Å². The number of hydrogen-bond donors (Lipinski definition) is 2. The quantitative estimate of drug-likeness (QED) is 0.501. The number of amides is 1. The van der Waals surface area contributed by atoms with Crippen molar-refractivity contribution in [3.8, 4) is 5.75 Å². The van der Waals surface area contributed by atoms with E-state index >= 15 is 4.39 Å². The first-order valence-corrected chi connectivity index (χ1v) is 11.1. The maximum Gasteiger partial charge on any atom is 0.258 e. The van der Waals surface area contributed by atoms with E-state index in [1.165, 1.54) is 6.07 Å². The summed E-state index contributed by atoms with van der Waals surface area (Å²) in [6, 6.07) is 1.51. The minimum Gasteiger partial charge on any atom is -0.490 e. The first-order valence-electron chi connectivity index (χ1n) is 10.7. The van der Waals surface area contributed by atoms with Crippen LogP contribution in [0.25, 0.3) is 5.52 Å². The van der Waals surface area contributed by atoms with Gasteiger partial charge in [0.1, 0.15) is 28.5 Å². The fourth-order valence-corrected chi connectivity index (χ4v) is 4.09. The summed E-state index contributed by atoms with van der Waals surface area (Å²) in [6.07, 6.45) is 5.23. The zero-order chi connectivity index (χ0) is 23.2. The van der Waals surface area contributed by atoms with Gasteiger partial charge >= 0.3 is 0 Å². The monoisotopic (exact) mass is 493 g/mol. The van der Waals surface area contributed by atoms with Crippen LogP contribution < -0.4 is 15.8 Å². The summed E-state index contributed by atoms with van der Waals surface area (Å²) in [5, 5.41) is 2.69. The molecule has 7 nitrogen and oxygen atoms in total. The van der Waals surface area contributed by atoms with Crippen molar-refractivity contribution in [1.29, 1.82) is 0 Å². The van der Waals surface area contributed by atoms with Crippen molar-refractivity contribution in [3.05, 3.63) is 51.9 Å². The number of nitrogens with zero attached hydrogens (tertiary/aromatic N) is 3. The number of carbonyl (C=O) groups excluding carboxylic acids is 1. The highest BCUT2D eigenvalue weighted by Gasteiger charge is 2.31. The minimum absolute atomic E-state index is 0. The topological polar surface area (TPSA) is 94.5 Å². The van der Waals surface area contributed by atoms with Gasteiger partial charge in [-0.15, -0.1) is 0 Å². The number of rotatable bonds is 7. The third-order valence-corrected chi connectivity index (χ3v) is 5.94. The van der Waals surface area contributed by atoms with Gasteiger partial charge < -0.3 is 15.8 Å². The van der Waals surface area contributed by atoms with Crippen LogP contribution in [0.15, 0.2) is 18.5 Å². The van der Waals surface area contributed by atoms with Crippen molar-refractivity contribution >= 4 is 42.3 Å². The van der Waals surface area contributed by atoms with Crippen molar-refractivity contribution in [3.63, 3.8) is 0 Å². The Kier molecular flexibility index (Phi) is 7.43. The standard InChI is InChI=1S/C23H27ClFN5O2.H2S/c1-11(2)32-20-15(9-16(24)18(25)17(20)23(31)28-10-14-5-6-14)12(3)22-29-13(4)19-21(26)27-7-8-30(19)22;/h7-9,11-12,14H,5-6,10H2,1-4H3,(H2,26,27)(H,28,31);1H2/t12-;/m0./s1. The first kappa shape index (κ1) is 25.1. The maximum absolute atomic E-state index is 15.1. The molecule has 0 bridgehead atoms. The number of fused-ring (bicyclic) bond motifs is 1. The van der Waals surface area contributed by atoms with Crippen LogP contribution in [0.1, 0.15) is 67.0 Å². The number of aromatic nitrogens is 3. The van der Waals surface area contributed by atoms with Crippen LogP contribution in [-0.2, 0) is 0 Å². The molecule has 178 valence electrons. The highest BCUT2D eigenvalue weighted by molar-refractivity contribution is 7.59. The average molecular weight is 494 g/mol. The van der Waals surface area contributed by atoms with Crippen molar-refractivity contribution in [2.75, 3.05) is 12.3 Å². The summed E-state index contributed by atoms with van der Waals surface area (Å²) in [4.78, 5) is 21.8. The van der Waals surface area contributed by atoms with Crippen LogP contribution in [0.3, 0.4) is 0 Å². The molecular formula is C23H29ClFN5O2S. The molecule has 0 unspecified atom stereocenters. The Morgan fingerprint density at radius 2 is 2.09 bits per heavy atom. The molecule has 0 radical (unpaired) electrons. The van der Waals surface area contributed by atoms with E-state index in [1.807, 2.05) is 32.1 Å². The molecule has 1 fully saturated rings. The number of carbonyl (C=O) groups is 1. The third-order valence-electron chi connectivity index (χ3n) is 5.67. The Morgan fingerprint density at radius 3 is 2.73 bits per heavy atom. The van der Waals surface area contributed by atoms with E-state index in [0.29, 0.717) is 35.2 Å². The highest BCUT2D eigenvalue weighted by atomic mass is 35.5. The molecule has 0 saturated heterocycles. The number of halogens is 2. The van der Waals surface area contributed by atoms with Gasteiger partial charge in [0.15, 0.2) is 5.82 Å². The molecule has 1 atom stereocenters. The lowest BCUT2D eigenvalue weighted by Gasteiger charge is -2.22. The number of hydrogen-bond acceptors (Lipinski definition) is 5. The number of nitrogen functional groups attached to an aromatic ring is 1. The first-order chi connectivity index (χ1) is 15.2. The second kappa shape index (κ2) is 9.77. The van der Waals surface area contributed by atoms with E-state index < -0.39 is 11.7 Å².